The lowest BCUT2D eigenvalue weighted by atomic mass is 10.0. The maximum Gasteiger partial charge on any atom is 0.124 e. The Labute approximate surface area is 108 Å². The van der Waals surface area contributed by atoms with E-state index in [2.05, 4.69) is 5.32 Å². The summed E-state index contributed by atoms with van der Waals surface area (Å²) in [6.45, 7) is 3.03. The molecule has 3 N–H and O–H groups in total. The van der Waals surface area contributed by atoms with E-state index in [1.54, 1.807) is 13.2 Å². The van der Waals surface area contributed by atoms with E-state index < -0.39 is 0 Å². The molecule has 1 fully saturated rings. The van der Waals surface area contributed by atoms with E-state index in [1.807, 2.05) is 19.1 Å². The monoisotopic (exact) mass is 251 g/mol. The molecule has 1 atom stereocenters. The fourth-order valence-corrected chi connectivity index (χ4v) is 2.06. The van der Waals surface area contributed by atoms with Crippen LogP contribution in [0.5, 0.6) is 11.5 Å². The normalized spacial score (nSPS) is 18.4. The third-order valence-corrected chi connectivity index (χ3v) is 3.78. The van der Waals surface area contributed by atoms with Crippen molar-refractivity contribution in [2.24, 2.45) is 5.41 Å². The molecule has 0 amide bonds. The maximum atomic E-state index is 9.93. The van der Waals surface area contributed by atoms with Gasteiger partial charge in [0, 0.05) is 36.2 Å². The molecule has 0 saturated heterocycles. The van der Waals surface area contributed by atoms with Gasteiger partial charge in [-0.05, 0) is 25.8 Å². The van der Waals surface area contributed by atoms with Gasteiger partial charge in [0.1, 0.15) is 11.5 Å². The van der Waals surface area contributed by atoms with Crippen LogP contribution in [0.15, 0.2) is 18.2 Å². The zero-order valence-electron chi connectivity index (χ0n) is 10.9. The van der Waals surface area contributed by atoms with Crippen LogP contribution < -0.4 is 10.1 Å². The third kappa shape index (κ3) is 2.76. The largest absolute Gasteiger partial charge is 0.507 e. The first kappa shape index (κ1) is 13.2. The molecule has 4 heteroatoms. The molecule has 0 spiro atoms. The Bertz CT molecular complexity index is 416. The molecule has 18 heavy (non-hydrogen) atoms. The molecule has 1 aromatic rings. The molecule has 1 aromatic carbocycles. The summed E-state index contributed by atoms with van der Waals surface area (Å²) in [6.07, 6.45) is 2.16. The predicted molar refractivity (Wildman–Crippen MR) is 69.8 cm³/mol. The van der Waals surface area contributed by atoms with Crippen molar-refractivity contribution in [2.75, 3.05) is 20.3 Å². The van der Waals surface area contributed by atoms with Crippen LogP contribution in [0.1, 0.15) is 31.4 Å². The number of aliphatic hydroxyl groups is 1. The van der Waals surface area contributed by atoms with Gasteiger partial charge < -0.3 is 20.3 Å². The summed E-state index contributed by atoms with van der Waals surface area (Å²) in [4.78, 5) is 0. The predicted octanol–water partition coefficient (Wildman–Crippen LogP) is 1.82. The van der Waals surface area contributed by atoms with Crippen LogP contribution in [-0.2, 0) is 0 Å². The summed E-state index contributed by atoms with van der Waals surface area (Å²) in [6, 6.07) is 5.38. The van der Waals surface area contributed by atoms with Gasteiger partial charge in [0.25, 0.3) is 0 Å². The minimum atomic E-state index is 0.0555. The van der Waals surface area contributed by atoms with E-state index in [0.29, 0.717) is 5.75 Å². The van der Waals surface area contributed by atoms with Crippen LogP contribution >= 0.6 is 0 Å². The number of aliphatic hydroxyl groups excluding tert-OH is 1. The van der Waals surface area contributed by atoms with Crippen LogP contribution in [0.25, 0.3) is 0 Å². The zero-order valence-corrected chi connectivity index (χ0v) is 10.9. The fraction of sp³-hybridized carbons (Fsp3) is 0.571. The number of rotatable bonds is 6. The van der Waals surface area contributed by atoms with Crippen molar-refractivity contribution in [1.82, 2.24) is 5.32 Å². The van der Waals surface area contributed by atoms with Gasteiger partial charge in [-0.15, -0.1) is 0 Å². The molecule has 0 radical (unpaired) electrons. The SMILES string of the molecule is COc1ccc(C(C)NCC2(CO)CC2)c(O)c1. The van der Waals surface area contributed by atoms with Gasteiger partial charge in [0.05, 0.1) is 7.11 Å². The molecule has 1 aliphatic carbocycles. The van der Waals surface area contributed by atoms with Crippen LogP contribution in [0.2, 0.25) is 0 Å². The highest BCUT2D eigenvalue weighted by molar-refractivity contribution is 5.41. The lowest BCUT2D eigenvalue weighted by Gasteiger charge is -2.19. The second kappa shape index (κ2) is 5.16. The Balaban J connectivity index is 1.98. The number of aromatic hydroxyl groups is 1. The van der Waals surface area contributed by atoms with Crippen LogP contribution in [0, 0.1) is 5.41 Å². The van der Waals surface area contributed by atoms with Gasteiger partial charge >= 0.3 is 0 Å². The number of benzene rings is 1. The summed E-state index contributed by atoms with van der Waals surface area (Å²) in [5.41, 5.74) is 0.931. The number of methoxy groups -OCH3 is 1. The third-order valence-electron chi connectivity index (χ3n) is 3.78. The van der Waals surface area contributed by atoms with E-state index >= 15 is 0 Å². The standard InChI is InChI=1S/C14H21NO3/c1-10(15-8-14(9-16)5-6-14)12-4-3-11(18-2)7-13(12)17/h3-4,7,10,15-17H,5-6,8-9H2,1-2H3. The second-order valence-corrected chi connectivity index (χ2v) is 5.19. The smallest absolute Gasteiger partial charge is 0.124 e. The Hall–Kier alpha value is -1.26. The van der Waals surface area contributed by atoms with Crippen LogP contribution in [0.3, 0.4) is 0 Å². The highest BCUT2D eigenvalue weighted by atomic mass is 16.5. The quantitative estimate of drug-likeness (QED) is 0.722. The van der Waals surface area contributed by atoms with E-state index in [0.717, 1.165) is 24.9 Å². The molecule has 1 aliphatic rings. The number of hydrogen-bond donors (Lipinski definition) is 3. The number of nitrogens with one attached hydrogen (secondary N) is 1. The van der Waals surface area contributed by atoms with E-state index in [4.69, 9.17) is 4.74 Å². The Morgan fingerprint density at radius 1 is 1.44 bits per heavy atom. The first-order valence-electron chi connectivity index (χ1n) is 6.31. The van der Waals surface area contributed by atoms with E-state index in [1.165, 1.54) is 0 Å². The average Bonchev–Trinajstić information content (AvgIpc) is 3.16. The van der Waals surface area contributed by atoms with E-state index in [-0.39, 0.29) is 23.8 Å². The first-order valence-corrected chi connectivity index (χ1v) is 6.31. The molecular weight excluding hydrogens is 230 g/mol. The van der Waals surface area contributed by atoms with E-state index in [9.17, 15) is 10.2 Å². The van der Waals surface area contributed by atoms with Crippen molar-refractivity contribution in [2.45, 2.75) is 25.8 Å². The van der Waals surface area contributed by atoms with Crippen molar-refractivity contribution >= 4 is 0 Å². The summed E-state index contributed by atoms with van der Waals surface area (Å²) in [5, 5.41) is 22.6. The Morgan fingerprint density at radius 2 is 2.17 bits per heavy atom. The van der Waals surface area contributed by atoms with Gasteiger partial charge in [0.2, 0.25) is 0 Å². The number of ether oxygens (including phenoxy) is 1. The van der Waals surface area contributed by atoms with Gasteiger partial charge in [0.15, 0.2) is 0 Å². The highest BCUT2D eigenvalue weighted by Crippen LogP contribution is 2.44. The summed E-state index contributed by atoms with van der Waals surface area (Å²) < 4.78 is 5.06. The van der Waals surface area contributed by atoms with Crippen LogP contribution in [-0.4, -0.2) is 30.5 Å². The molecule has 1 unspecified atom stereocenters. The Kier molecular flexibility index (Phi) is 3.78. The molecule has 4 nitrogen and oxygen atoms in total. The topological polar surface area (TPSA) is 61.7 Å². The fourth-order valence-electron chi connectivity index (χ4n) is 2.06. The Morgan fingerprint density at radius 3 is 2.67 bits per heavy atom. The highest BCUT2D eigenvalue weighted by Gasteiger charge is 2.41. The van der Waals surface area contributed by atoms with Crippen molar-refractivity contribution in [3.05, 3.63) is 23.8 Å². The zero-order chi connectivity index (χ0) is 13.2. The number of phenolic OH excluding ortho intramolecular Hbond substituents is 1. The number of hydrogen-bond acceptors (Lipinski definition) is 4. The lowest BCUT2D eigenvalue weighted by molar-refractivity contribution is 0.204. The van der Waals surface area contributed by atoms with Gasteiger partial charge in [-0.2, -0.15) is 0 Å². The molecule has 0 heterocycles. The number of phenols is 1. The van der Waals surface area contributed by atoms with Gasteiger partial charge in [-0.25, -0.2) is 0 Å². The molecule has 0 bridgehead atoms. The van der Waals surface area contributed by atoms with Crippen molar-refractivity contribution < 1.29 is 14.9 Å². The minimum absolute atomic E-state index is 0.0555. The minimum Gasteiger partial charge on any atom is -0.507 e. The first-order chi connectivity index (χ1) is 8.60. The van der Waals surface area contributed by atoms with Crippen molar-refractivity contribution in [3.63, 3.8) is 0 Å². The molecular formula is C14H21NO3. The van der Waals surface area contributed by atoms with Crippen molar-refractivity contribution in [1.29, 1.82) is 0 Å². The molecule has 100 valence electrons. The molecule has 1 saturated carbocycles. The van der Waals surface area contributed by atoms with Crippen LogP contribution in [0.4, 0.5) is 0 Å². The summed E-state index contributed by atoms with van der Waals surface area (Å²) in [5.74, 6) is 0.890. The lowest BCUT2D eigenvalue weighted by Crippen LogP contribution is -2.28. The summed E-state index contributed by atoms with van der Waals surface area (Å²) >= 11 is 0. The molecule has 2 rings (SSSR count). The second-order valence-electron chi connectivity index (χ2n) is 5.19. The summed E-state index contributed by atoms with van der Waals surface area (Å²) in [7, 11) is 1.58. The maximum absolute atomic E-state index is 9.93. The molecule has 0 aliphatic heterocycles. The van der Waals surface area contributed by atoms with Gasteiger partial charge in [-0.3, -0.25) is 0 Å². The average molecular weight is 251 g/mol. The molecule has 0 aromatic heterocycles. The van der Waals surface area contributed by atoms with Gasteiger partial charge in [-0.1, -0.05) is 6.07 Å². The van der Waals surface area contributed by atoms with Crippen molar-refractivity contribution in [3.8, 4) is 11.5 Å².